The molecule has 0 heterocycles. The fraction of sp³-hybridized carbons (Fsp3) is 0.500. The summed E-state index contributed by atoms with van der Waals surface area (Å²) < 4.78 is 5.32. The van der Waals surface area contributed by atoms with Crippen molar-refractivity contribution in [1.82, 2.24) is 0 Å². The van der Waals surface area contributed by atoms with Crippen LogP contribution in [0.3, 0.4) is 0 Å². The molecule has 1 fully saturated rings. The van der Waals surface area contributed by atoms with Crippen molar-refractivity contribution in [3.8, 4) is 5.75 Å². The molecule has 0 bridgehead atoms. The fourth-order valence-electron chi connectivity index (χ4n) is 2.28. The van der Waals surface area contributed by atoms with Crippen LogP contribution in [0.1, 0.15) is 34.8 Å². The first kappa shape index (κ1) is 11.2. The van der Waals surface area contributed by atoms with E-state index in [0.717, 1.165) is 28.9 Å². The van der Waals surface area contributed by atoms with Gasteiger partial charge >= 0.3 is 0 Å². The third kappa shape index (κ3) is 1.84. The minimum absolute atomic E-state index is 0.218. The topological polar surface area (TPSA) is 26.3 Å². The highest BCUT2D eigenvalue weighted by molar-refractivity contribution is 6.03. The van der Waals surface area contributed by atoms with Gasteiger partial charge in [0.15, 0.2) is 5.78 Å². The molecule has 1 aliphatic rings. The number of carbonyl (C=O) groups is 1. The Kier molecular flexibility index (Phi) is 2.75. The second kappa shape index (κ2) is 3.93. The molecule has 1 aromatic rings. The maximum atomic E-state index is 12.2. The number of Topliss-reactive ketones (excluding diaryl/α,β-unsaturated/α-hetero) is 1. The Morgan fingerprint density at radius 3 is 2.50 bits per heavy atom. The number of hydrogen-bond acceptors (Lipinski definition) is 2. The summed E-state index contributed by atoms with van der Waals surface area (Å²) >= 11 is 0. The standard InChI is InChI=1S/C14H18O2/c1-8-5-10(3)13(12(6-8)16-4)14(15)11-7-9(11)2/h5-6,9,11H,7H2,1-4H3. The van der Waals surface area contributed by atoms with Gasteiger partial charge in [-0.1, -0.05) is 13.0 Å². The minimum atomic E-state index is 0.218. The first-order chi connectivity index (χ1) is 7.54. The van der Waals surface area contributed by atoms with Crippen LogP contribution in [0.15, 0.2) is 12.1 Å². The summed E-state index contributed by atoms with van der Waals surface area (Å²) in [6.45, 7) is 6.12. The minimum Gasteiger partial charge on any atom is -0.496 e. The first-order valence-corrected chi connectivity index (χ1v) is 5.74. The summed E-state index contributed by atoms with van der Waals surface area (Å²) in [6.07, 6.45) is 1.02. The zero-order valence-electron chi connectivity index (χ0n) is 10.3. The van der Waals surface area contributed by atoms with E-state index in [1.165, 1.54) is 0 Å². The van der Waals surface area contributed by atoms with E-state index in [-0.39, 0.29) is 11.7 Å². The van der Waals surface area contributed by atoms with Crippen molar-refractivity contribution in [2.24, 2.45) is 11.8 Å². The lowest BCUT2D eigenvalue weighted by Gasteiger charge is -2.11. The summed E-state index contributed by atoms with van der Waals surface area (Å²) in [7, 11) is 1.63. The summed E-state index contributed by atoms with van der Waals surface area (Å²) in [5.74, 6) is 1.73. The van der Waals surface area contributed by atoms with Gasteiger partial charge < -0.3 is 4.74 Å². The van der Waals surface area contributed by atoms with Gasteiger partial charge in [-0.15, -0.1) is 0 Å². The van der Waals surface area contributed by atoms with Crippen LogP contribution in [0.2, 0.25) is 0 Å². The number of aryl methyl sites for hydroxylation is 2. The average Bonchev–Trinajstić information content (AvgIpc) is 2.93. The van der Waals surface area contributed by atoms with E-state index in [2.05, 4.69) is 6.92 Å². The summed E-state index contributed by atoms with van der Waals surface area (Å²) in [5.41, 5.74) is 2.94. The molecule has 0 saturated heterocycles. The lowest BCUT2D eigenvalue weighted by atomic mass is 9.97. The predicted molar refractivity (Wildman–Crippen MR) is 64.1 cm³/mol. The van der Waals surface area contributed by atoms with E-state index in [4.69, 9.17) is 4.74 Å². The molecule has 1 aromatic carbocycles. The van der Waals surface area contributed by atoms with Crippen molar-refractivity contribution in [3.63, 3.8) is 0 Å². The van der Waals surface area contributed by atoms with Crippen LogP contribution >= 0.6 is 0 Å². The van der Waals surface area contributed by atoms with E-state index in [0.29, 0.717) is 5.92 Å². The van der Waals surface area contributed by atoms with Crippen LogP contribution in [-0.4, -0.2) is 12.9 Å². The molecule has 0 amide bonds. The molecule has 0 aromatic heterocycles. The van der Waals surface area contributed by atoms with E-state index in [1.807, 2.05) is 26.0 Å². The Morgan fingerprint density at radius 2 is 2.00 bits per heavy atom. The molecule has 1 saturated carbocycles. The Hall–Kier alpha value is -1.31. The molecule has 2 atom stereocenters. The van der Waals surface area contributed by atoms with Gasteiger partial charge in [-0.2, -0.15) is 0 Å². The Morgan fingerprint density at radius 1 is 1.38 bits per heavy atom. The molecule has 0 spiro atoms. The normalized spacial score (nSPS) is 23.0. The maximum Gasteiger partial charge on any atom is 0.170 e. The van der Waals surface area contributed by atoms with Gasteiger partial charge in [-0.05, 0) is 43.4 Å². The highest BCUT2D eigenvalue weighted by Crippen LogP contribution is 2.42. The number of carbonyl (C=O) groups excluding carboxylic acids is 1. The second-order valence-corrected chi connectivity index (χ2v) is 4.84. The van der Waals surface area contributed by atoms with Crippen LogP contribution in [-0.2, 0) is 0 Å². The lowest BCUT2D eigenvalue weighted by molar-refractivity contribution is 0.0958. The number of ketones is 1. The van der Waals surface area contributed by atoms with E-state index in [1.54, 1.807) is 7.11 Å². The molecule has 2 rings (SSSR count). The quantitative estimate of drug-likeness (QED) is 0.728. The third-order valence-electron chi connectivity index (χ3n) is 3.36. The van der Waals surface area contributed by atoms with Crippen molar-refractivity contribution >= 4 is 5.78 Å². The summed E-state index contributed by atoms with van der Waals surface area (Å²) in [4.78, 5) is 12.2. The van der Waals surface area contributed by atoms with E-state index >= 15 is 0 Å². The monoisotopic (exact) mass is 218 g/mol. The SMILES string of the molecule is COc1cc(C)cc(C)c1C(=O)C1CC1C. The Labute approximate surface area is 96.6 Å². The van der Waals surface area contributed by atoms with Crippen molar-refractivity contribution in [1.29, 1.82) is 0 Å². The Bertz CT molecular complexity index is 435. The van der Waals surface area contributed by atoms with E-state index < -0.39 is 0 Å². The molecule has 1 aliphatic carbocycles. The number of hydrogen-bond donors (Lipinski definition) is 0. The van der Waals surface area contributed by atoms with Crippen molar-refractivity contribution in [2.45, 2.75) is 27.2 Å². The van der Waals surface area contributed by atoms with Gasteiger partial charge in [0.2, 0.25) is 0 Å². The molecule has 86 valence electrons. The molecule has 2 heteroatoms. The highest BCUT2D eigenvalue weighted by atomic mass is 16.5. The lowest BCUT2D eigenvalue weighted by Crippen LogP contribution is -2.08. The Balaban J connectivity index is 2.42. The van der Waals surface area contributed by atoms with Crippen molar-refractivity contribution in [3.05, 3.63) is 28.8 Å². The average molecular weight is 218 g/mol. The smallest absolute Gasteiger partial charge is 0.170 e. The van der Waals surface area contributed by atoms with Crippen molar-refractivity contribution in [2.75, 3.05) is 7.11 Å². The molecule has 2 unspecified atom stereocenters. The molecule has 2 nitrogen and oxygen atoms in total. The number of ether oxygens (including phenoxy) is 1. The van der Waals surface area contributed by atoms with Crippen LogP contribution < -0.4 is 4.74 Å². The summed E-state index contributed by atoms with van der Waals surface area (Å²) in [5, 5.41) is 0. The second-order valence-electron chi connectivity index (χ2n) is 4.84. The summed E-state index contributed by atoms with van der Waals surface area (Å²) in [6, 6.07) is 3.98. The maximum absolute atomic E-state index is 12.2. The zero-order valence-corrected chi connectivity index (χ0v) is 10.3. The third-order valence-corrected chi connectivity index (χ3v) is 3.36. The number of methoxy groups -OCH3 is 1. The molecular formula is C14H18O2. The largest absolute Gasteiger partial charge is 0.496 e. The van der Waals surface area contributed by atoms with Crippen LogP contribution in [0.5, 0.6) is 5.75 Å². The van der Waals surface area contributed by atoms with Gasteiger partial charge in [0.1, 0.15) is 5.75 Å². The van der Waals surface area contributed by atoms with Crippen LogP contribution in [0, 0.1) is 25.7 Å². The van der Waals surface area contributed by atoms with Gasteiger partial charge in [0, 0.05) is 5.92 Å². The fourth-order valence-corrected chi connectivity index (χ4v) is 2.28. The van der Waals surface area contributed by atoms with Gasteiger partial charge in [0.25, 0.3) is 0 Å². The van der Waals surface area contributed by atoms with Crippen molar-refractivity contribution < 1.29 is 9.53 Å². The van der Waals surface area contributed by atoms with E-state index in [9.17, 15) is 4.79 Å². The number of rotatable bonds is 3. The van der Waals surface area contributed by atoms with Gasteiger partial charge in [-0.3, -0.25) is 4.79 Å². The van der Waals surface area contributed by atoms with Gasteiger partial charge in [0.05, 0.1) is 12.7 Å². The first-order valence-electron chi connectivity index (χ1n) is 5.74. The number of benzene rings is 1. The van der Waals surface area contributed by atoms with Crippen LogP contribution in [0.4, 0.5) is 0 Å². The van der Waals surface area contributed by atoms with Gasteiger partial charge in [-0.25, -0.2) is 0 Å². The molecular weight excluding hydrogens is 200 g/mol. The zero-order chi connectivity index (χ0) is 11.9. The highest BCUT2D eigenvalue weighted by Gasteiger charge is 2.40. The molecule has 0 radical (unpaired) electrons. The molecule has 16 heavy (non-hydrogen) atoms. The van der Waals surface area contributed by atoms with Crippen LogP contribution in [0.25, 0.3) is 0 Å². The molecule has 0 aliphatic heterocycles. The predicted octanol–water partition coefficient (Wildman–Crippen LogP) is 3.15. The molecule has 0 N–H and O–H groups in total.